The number of hydrogen-bond donors (Lipinski definition) is 0. The lowest BCUT2D eigenvalue weighted by molar-refractivity contribution is 0.386. The van der Waals surface area contributed by atoms with Gasteiger partial charge in [-0.3, -0.25) is 9.13 Å². The molecule has 1 aliphatic rings. The number of hydrogen-bond acceptors (Lipinski definition) is 2. The van der Waals surface area contributed by atoms with Crippen molar-refractivity contribution in [3.63, 3.8) is 0 Å². The Morgan fingerprint density at radius 2 is 1.64 bits per heavy atom. The molecule has 1 aliphatic heterocycles. The number of benzene rings is 2. The van der Waals surface area contributed by atoms with Gasteiger partial charge in [0.1, 0.15) is 0 Å². The third-order valence-electron chi connectivity index (χ3n) is 4.38. The Hall–Kier alpha value is -1.94. The second-order valence-corrected chi connectivity index (χ2v) is 7.15. The zero-order valence-corrected chi connectivity index (χ0v) is 13.3. The van der Waals surface area contributed by atoms with Gasteiger partial charge in [-0.15, -0.1) is 0 Å². The summed E-state index contributed by atoms with van der Waals surface area (Å²) in [6.07, 6.45) is 0. The van der Waals surface area contributed by atoms with Crippen LogP contribution in [0.4, 0.5) is 0 Å². The molecule has 2 heterocycles. The Kier molecular flexibility index (Phi) is 3.15. The Labute approximate surface area is 133 Å². The van der Waals surface area contributed by atoms with Gasteiger partial charge < -0.3 is 0 Å². The van der Waals surface area contributed by atoms with Crippen molar-refractivity contribution < 1.29 is 0 Å². The molecule has 0 unspecified atom stereocenters. The highest BCUT2D eigenvalue weighted by molar-refractivity contribution is 8.00. The van der Waals surface area contributed by atoms with Crippen molar-refractivity contribution in [1.29, 1.82) is 0 Å². The van der Waals surface area contributed by atoms with E-state index in [1.54, 1.807) is 0 Å². The molecule has 4 rings (SSSR count). The highest BCUT2D eigenvalue weighted by Gasteiger charge is 2.37. The van der Waals surface area contributed by atoms with Crippen molar-refractivity contribution in [2.45, 2.75) is 19.0 Å². The first-order valence-electron chi connectivity index (χ1n) is 7.51. The Balaban J connectivity index is 1.92. The van der Waals surface area contributed by atoms with Crippen molar-refractivity contribution in [1.82, 2.24) is 9.13 Å². The summed E-state index contributed by atoms with van der Waals surface area (Å²) < 4.78 is 3.90. The summed E-state index contributed by atoms with van der Waals surface area (Å²) in [4.78, 5) is 13.0. The van der Waals surface area contributed by atoms with E-state index in [0.717, 1.165) is 28.1 Å². The number of aromatic nitrogens is 2. The number of rotatable bonds is 3. The van der Waals surface area contributed by atoms with Gasteiger partial charge in [0.25, 0.3) is 0 Å². The van der Waals surface area contributed by atoms with Gasteiger partial charge in [-0.2, -0.15) is 11.8 Å². The molecule has 1 fully saturated rings. The van der Waals surface area contributed by atoms with Crippen LogP contribution in [0.1, 0.15) is 12.5 Å². The third kappa shape index (κ3) is 2.02. The first kappa shape index (κ1) is 13.7. The maximum absolute atomic E-state index is 13.0. The molecule has 1 aromatic heterocycles. The third-order valence-corrected chi connectivity index (χ3v) is 6.04. The predicted molar refractivity (Wildman–Crippen MR) is 92.7 cm³/mol. The van der Waals surface area contributed by atoms with Gasteiger partial charge in [0.05, 0.1) is 23.1 Å². The number of nitrogens with zero attached hydrogens (tertiary/aromatic N) is 2. The zero-order valence-electron chi connectivity index (χ0n) is 12.5. The molecule has 0 aliphatic carbocycles. The van der Waals surface area contributed by atoms with Gasteiger partial charge in [0, 0.05) is 11.5 Å². The summed E-state index contributed by atoms with van der Waals surface area (Å²) in [7, 11) is 0. The molecule has 1 saturated heterocycles. The lowest BCUT2D eigenvalue weighted by Crippen LogP contribution is -2.48. The summed E-state index contributed by atoms with van der Waals surface area (Å²) in [6.45, 7) is 2.81. The molecule has 3 aromatic rings. The molecule has 22 heavy (non-hydrogen) atoms. The Bertz CT molecular complexity index is 875. The van der Waals surface area contributed by atoms with Crippen LogP contribution >= 0.6 is 11.8 Å². The van der Waals surface area contributed by atoms with Crippen LogP contribution < -0.4 is 5.69 Å². The smallest absolute Gasteiger partial charge is 0.287 e. The molecule has 0 bridgehead atoms. The van der Waals surface area contributed by atoms with Crippen molar-refractivity contribution in [3.05, 3.63) is 70.6 Å². The zero-order chi connectivity index (χ0) is 15.2. The van der Waals surface area contributed by atoms with Crippen LogP contribution in [0.2, 0.25) is 0 Å². The predicted octanol–water partition coefficient (Wildman–Crippen LogP) is 3.31. The average molecular weight is 310 g/mol. The fourth-order valence-electron chi connectivity index (χ4n) is 3.18. The largest absolute Gasteiger partial charge is 0.329 e. The van der Waals surface area contributed by atoms with Gasteiger partial charge >= 0.3 is 5.69 Å². The molecule has 3 nitrogen and oxygen atoms in total. The van der Waals surface area contributed by atoms with E-state index in [2.05, 4.69) is 25.1 Å². The van der Waals surface area contributed by atoms with Crippen LogP contribution in [0, 0.1) is 0 Å². The summed E-state index contributed by atoms with van der Waals surface area (Å²) in [5.41, 5.74) is 3.28. The lowest BCUT2D eigenvalue weighted by atomic mass is 10.1. The minimum absolute atomic E-state index is 0.0523. The normalized spacial score (nSPS) is 16.6. The van der Waals surface area contributed by atoms with E-state index in [1.165, 1.54) is 0 Å². The number of imidazole rings is 1. The molecule has 2 aromatic carbocycles. The summed E-state index contributed by atoms with van der Waals surface area (Å²) >= 11 is 1.90. The van der Waals surface area contributed by atoms with E-state index in [4.69, 9.17) is 0 Å². The fourth-order valence-corrected chi connectivity index (χ4v) is 4.23. The van der Waals surface area contributed by atoms with Crippen LogP contribution in [0.3, 0.4) is 0 Å². The van der Waals surface area contributed by atoms with E-state index >= 15 is 0 Å². The SMILES string of the molecule is CC1(n2c(=O)n(Cc3ccccc3)c3ccccc32)CSC1. The summed E-state index contributed by atoms with van der Waals surface area (Å²) in [5.74, 6) is 2.01. The Morgan fingerprint density at radius 3 is 2.27 bits per heavy atom. The minimum atomic E-state index is -0.0523. The van der Waals surface area contributed by atoms with Gasteiger partial charge in [-0.25, -0.2) is 4.79 Å². The minimum Gasteiger partial charge on any atom is -0.287 e. The van der Waals surface area contributed by atoms with Gasteiger partial charge in [0.15, 0.2) is 0 Å². The molecular weight excluding hydrogens is 292 g/mol. The quantitative estimate of drug-likeness (QED) is 0.742. The van der Waals surface area contributed by atoms with Gasteiger partial charge in [0.2, 0.25) is 0 Å². The Morgan fingerprint density at radius 1 is 1.00 bits per heavy atom. The maximum atomic E-state index is 13.0. The number of fused-ring (bicyclic) bond motifs is 1. The second kappa shape index (κ2) is 5.06. The van der Waals surface area contributed by atoms with Crippen LogP contribution in [-0.2, 0) is 12.1 Å². The molecule has 4 heteroatoms. The van der Waals surface area contributed by atoms with Crippen LogP contribution in [0.5, 0.6) is 0 Å². The van der Waals surface area contributed by atoms with Gasteiger partial charge in [-0.05, 0) is 24.6 Å². The van der Waals surface area contributed by atoms with Crippen molar-refractivity contribution in [2.75, 3.05) is 11.5 Å². The molecule has 0 spiro atoms. The highest BCUT2D eigenvalue weighted by Crippen LogP contribution is 2.37. The lowest BCUT2D eigenvalue weighted by Gasteiger charge is -2.38. The molecule has 0 amide bonds. The molecular formula is C18H18N2OS. The summed E-state index contributed by atoms with van der Waals surface area (Å²) in [6, 6.07) is 18.3. The van der Waals surface area contributed by atoms with Crippen molar-refractivity contribution in [3.8, 4) is 0 Å². The van der Waals surface area contributed by atoms with Crippen molar-refractivity contribution >= 4 is 22.8 Å². The average Bonchev–Trinajstić information content (AvgIpc) is 2.79. The van der Waals surface area contributed by atoms with Crippen molar-refractivity contribution in [2.24, 2.45) is 0 Å². The van der Waals surface area contributed by atoms with E-state index < -0.39 is 0 Å². The van der Waals surface area contributed by atoms with E-state index in [9.17, 15) is 4.79 Å². The first-order valence-corrected chi connectivity index (χ1v) is 8.67. The topological polar surface area (TPSA) is 26.9 Å². The summed E-state index contributed by atoms with van der Waals surface area (Å²) in [5, 5.41) is 0. The maximum Gasteiger partial charge on any atom is 0.329 e. The van der Waals surface area contributed by atoms with Crippen LogP contribution in [0.15, 0.2) is 59.4 Å². The molecule has 0 radical (unpaired) electrons. The van der Waals surface area contributed by atoms with Crippen LogP contribution in [0.25, 0.3) is 11.0 Å². The molecule has 0 N–H and O–H groups in total. The molecule has 0 saturated carbocycles. The highest BCUT2D eigenvalue weighted by atomic mass is 32.2. The van der Waals surface area contributed by atoms with E-state index in [1.807, 2.05) is 57.3 Å². The standard InChI is InChI=1S/C18H18N2OS/c1-18(12-22-13-18)20-16-10-6-5-9-15(16)19(17(20)21)11-14-7-3-2-4-8-14/h2-10H,11-13H2,1H3. The fraction of sp³-hybridized carbons (Fsp3) is 0.278. The molecule has 0 atom stereocenters. The van der Waals surface area contributed by atoms with Crippen LogP contribution in [-0.4, -0.2) is 20.6 Å². The number of thioether (sulfide) groups is 1. The van der Waals surface area contributed by atoms with E-state index in [-0.39, 0.29) is 11.2 Å². The first-order chi connectivity index (χ1) is 10.7. The van der Waals surface area contributed by atoms with E-state index in [0.29, 0.717) is 6.54 Å². The second-order valence-electron chi connectivity index (χ2n) is 6.17. The monoisotopic (exact) mass is 310 g/mol. The number of para-hydroxylation sites is 2. The van der Waals surface area contributed by atoms with Gasteiger partial charge in [-0.1, -0.05) is 42.5 Å². The molecule has 112 valence electrons.